The van der Waals surface area contributed by atoms with Crippen LogP contribution in [0.3, 0.4) is 0 Å². The van der Waals surface area contributed by atoms with Gasteiger partial charge in [0.2, 0.25) is 0 Å². The average molecular weight is 338 g/mol. The minimum absolute atomic E-state index is 0.330. The van der Waals surface area contributed by atoms with Crippen molar-refractivity contribution in [3.8, 4) is 0 Å². The summed E-state index contributed by atoms with van der Waals surface area (Å²) >= 11 is 0. The van der Waals surface area contributed by atoms with Crippen molar-refractivity contribution in [2.24, 2.45) is 0 Å². The molecule has 1 fully saturated rings. The first-order valence-corrected chi connectivity index (χ1v) is 9.35. The van der Waals surface area contributed by atoms with Crippen LogP contribution in [0.2, 0.25) is 0 Å². The molecule has 0 amide bonds. The molecule has 1 heterocycles. The Morgan fingerprint density at radius 1 is 0.960 bits per heavy atom. The molecule has 3 heteroatoms. The van der Waals surface area contributed by atoms with Gasteiger partial charge in [0.05, 0.1) is 6.04 Å². The molecule has 1 aliphatic heterocycles. The van der Waals surface area contributed by atoms with Crippen LogP contribution in [0.25, 0.3) is 0 Å². The minimum Gasteiger partial charge on any atom is -0.378 e. The van der Waals surface area contributed by atoms with Gasteiger partial charge in [-0.05, 0) is 55.6 Å². The van der Waals surface area contributed by atoms with Gasteiger partial charge in [0.1, 0.15) is 0 Å². The van der Waals surface area contributed by atoms with Crippen LogP contribution >= 0.6 is 0 Å². The van der Waals surface area contributed by atoms with Gasteiger partial charge >= 0.3 is 0 Å². The standard InChI is InChI=1S/C22H31N3/c1-17-6-7-18(2)21(16-17)22(25-14-5-12-23-13-15-25)19-8-10-20(11-9-19)24(3)4/h6-11,16,22-23H,5,12-15H2,1-4H3. The predicted octanol–water partition coefficient (Wildman–Crippen LogP) is 3.75. The van der Waals surface area contributed by atoms with Crippen LogP contribution in [0, 0.1) is 13.8 Å². The van der Waals surface area contributed by atoms with Crippen LogP contribution in [0.15, 0.2) is 42.5 Å². The molecular formula is C22H31N3. The van der Waals surface area contributed by atoms with Crippen molar-refractivity contribution in [2.45, 2.75) is 26.3 Å². The molecule has 1 N–H and O–H groups in total. The summed E-state index contributed by atoms with van der Waals surface area (Å²) in [5, 5.41) is 3.54. The Kier molecular flexibility index (Phi) is 5.77. The highest BCUT2D eigenvalue weighted by atomic mass is 15.2. The lowest BCUT2D eigenvalue weighted by molar-refractivity contribution is 0.240. The van der Waals surface area contributed by atoms with E-state index in [0.29, 0.717) is 6.04 Å². The van der Waals surface area contributed by atoms with Crippen LogP contribution < -0.4 is 10.2 Å². The molecule has 1 atom stereocenters. The van der Waals surface area contributed by atoms with Crippen LogP contribution in [-0.4, -0.2) is 45.2 Å². The zero-order valence-corrected chi connectivity index (χ0v) is 16.0. The van der Waals surface area contributed by atoms with E-state index in [2.05, 4.69) is 85.5 Å². The summed E-state index contributed by atoms with van der Waals surface area (Å²) < 4.78 is 0. The van der Waals surface area contributed by atoms with Gasteiger partial charge in [0, 0.05) is 39.4 Å². The van der Waals surface area contributed by atoms with Crippen molar-refractivity contribution in [1.29, 1.82) is 0 Å². The summed E-state index contributed by atoms with van der Waals surface area (Å²) in [4.78, 5) is 4.80. The maximum atomic E-state index is 3.54. The topological polar surface area (TPSA) is 18.5 Å². The van der Waals surface area contributed by atoms with E-state index in [4.69, 9.17) is 0 Å². The molecule has 1 aliphatic rings. The highest BCUT2D eigenvalue weighted by Gasteiger charge is 2.24. The highest BCUT2D eigenvalue weighted by molar-refractivity contribution is 5.48. The Bertz CT molecular complexity index is 683. The van der Waals surface area contributed by atoms with Gasteiger partial charge in [0.25, 0.3) is 0 Å². The van der Waals surface area contributed by atoms with Gasteiger partial charge in [-0.2, -0.15) is 0 Å². The van der Waals surface area contributed by atoms with Crippen LogP contribution in [0.1, 0.15) is 34.7 Å². The van der Waals surface area contributed by atoms with E-state index in [-0.39, 0.29) is 0 Å². The quantitative estimate of drug-likeness (QED) is 0.916. The zero-order valence-electron chi connectivity index (χ0n) is 16.0. The summed E-state index contributed by atoms with van der Waals surface area (Å²) in [6.07, 6.45) is 1.21. The van der Waals surface area contributed by atoms with Crippen molar-refractivity contribution in [3.63, 3.8) is 0 Å². The molecule has 25 heavy (non-hydrogen) atoms. The molecule has 3 nitrogen and oxygen atoms in total. The van der Waals surface area contributed by atoms with Gasteiger partial charge in [-0.3, -0.25) is 4.90 Å². The van der Waals surface area contributed by atoms with Crippen LogP contribution in [-0.2, 0) is 0 Å². The number of hydrogen-bond acceptors (Lipinski definition) is 3. The van der Waals surface area contributed by atoms with Crippen molar-refractivity contribution >= 4 is 5.69 Å². The van der Waals surface area contributed by atoms with Crippen LogP contribution in [0.5, 0.6) is 0 Å². The maximum Gasteiger partial charge on any atom is 0.0604 e. The smallest absolute Gasteiger partial charge is 0.0604 e. The molecule has 0 saturated carbocycles. The second kappa shape index (κ2) is 8.03. The number of rotatable bonds is 4. The van der Waals surface area contributed by atoms with Crippen molar-refractivity contribution in [1.82, 2.24) is 10.2 Å². The zero-order chi connectivity index (χ0) is 17.8. The first kappa shape index (κ1) is 18.0. The molecule has 2 aromatic carbocycles. The molecule has 2 aromatic rings. The number of anilines is 1. The number of hydrogen-bond donors (Lipinski definition) is 1. The van der Waals surface area contributed by atoms with E-state index in [9.17, 15) is 0 Å². The van der Waals surface area contributed by atoms with Crippen molar-refractivity contribution in [3.05, 3.63) is 64.7 Å². The third-order valence-electron chi connectivity index (χ3n) is 5.19. The molecular weight excluding hydrogens is 306 g/mol. The number of aryl methyl sites for hydroxylation is 2. The minimum atomic E-state index is 0.330. The molecule has 0 bridgehead atoms. The predicted molar refractivity (Wildman–Crippen MR) is 108 cm³/mol. The van der Waals surface area contributed by atoms with E-state index in [0.717, 1.165) is 26.2 Å². The second-order valence-electron chi connectivity index (χ2n) is 7.39. The number of benzene rings is 2. The SMILES string of the molecule is Cc1ccc(C)c(C(c2ccc(N(C)C)cc2)N2CCCNCC2)c1. The fourth-order valence-corrected chi connectivity index (χ4v) is 3.72. The average Bonchev–Trinajstić information content (AvgIpc) is 2.88. The molecule has 1 saturated heterocycles. The highest BCUT2D eigenvalue weighted by Crippen LogP contribution is 2.32. The van der Waals surface area contributed by atoms with Gasteiger partial charge in [-0.15, -0.1) is 0 Å². The molecule has 134 valence electrons. The molecule has 0 aromatic heterocycles. The van der Waals surface area contributed by atoms with Gasteiger partial charge < -0.3 is 10.2 Å². The third kappa shape index (κ3) is 4.23. The summed E-state index contributed by atoms with van der Waals surface area (Å²) in [5.41, 5.74) is 6.80. The largest absolute Gasteiger partial charge is 0.378 e. The van der Waals surface area contributed by atoms with Crippen LogP contribution in [0.4, 0.5) is 5.69 Å². The molecule has 0 spiro atoms. The lowest BCUT2D eigenvalue weighted by Gasteiger charge is -2.33. The van der Waals surface area contributed by atoms with E-state index >= 15 is 0 Å². The summed E-state index contributed by atoms with van der Waals surface area (Å²) in [7, 11) is 4.19. The Balaban J connectivity index is 2.03. The molecule has 0 aliphatic carbocycles. The van der Waals surface area contributed by atoms with E-state index in [1.165, 1.54) is 34.4 Å². The fraction of sp³-hybridized carbons (Fsp3) is 0.455. The normalized spacial score (nSPS) is 17.1. The lowest BCUT2D eigenvalue weighted by atomic mass is 9.92. The lowest BCUT2D eigenvalue weighted by Crippen LogP contribution is -2.33. The summed E-state index contributed by atoms with van der Waals surface area (Å²) in [6.45, 7) is 8.85. The Morgan fingerprint density at radius 2 is 1.72 bits per heavy atom. The van der Waals surface area contributed by atoms with E-state index < -0.39 is 0 Å². The Labute approximate surface area is 152 Å². The monoisotopic (exact) mass is 337 g/mol. The number of nitrogens with zero attached hydrogens (tertiary/aromatic N) is 2. The molecule has 3 rings (SSSR count). The Morgan fingerprint density at radius 3 is 2.44 bits per heavy atom. The second-order valence-corrected chi connectivity index (χ2v) is 7.39. The molecule has 0 radical (unpaired) electrons. The maximum absolute atomic E-state index is 3.54. The summed E-state index contributed by atoms with van der Waals surface area (Å²) in [5.74, 6) is 0. The summed E-state index contributed by atoms with van der Waals surface area (Å²) in [6, 6.07) is 16.3. The molecule has 1 unspecified atom stereocenters. The first-order valence-electron chi connectivity index (χ1n) is 9.35. The van der Waals surface area contributed by atoms with Gasteiger partial charge in [-0.25, -0.2) is 0 Å². The van der Waals surface area contributed by atoms with E-state index in [1.54, 1.807) is 0 Å². The fourth-order valence-electron chi connectivity index (χ4n) is 3.72. The van der Waals surface area contributed by atoms with Gasteiger partial charge in [0.15, 0.2) is 0 Å². The Hall–Kier alpha value is -1.84. The van der Waals surface area contributed by atoms with Crippen molar-refractivity contribution in [2.75, 3.05) is 45.2 Å². The third-order valence-corrected chi connectivity index (χ3v) is 5.19. The van der Waals surface area contributed by atoms with E-state index in [1.807, 2.05) is 0 Å². The number of nitrogens with one attached hydrogen (secondary N) is 1. The van der Waals surface area contributed by atoms with Crippen molar-refractivity contribution < 1.29 is 0 Å². The van der Waals surface area contributed by atoms with Gasteiger partial charge in [-0.1, -0.05) is 35.9 Å². The first-order chi connectivity index (χ1) is 12.1.